The first kappa shape index (κ1) is 16.0. The predicted molar refractivity (Wildman–Crippen MR) is 104 cm³/mol. The van der Waals surface area contributed by atoms with Crippen LogP contribution in [-0.2, 0) is 0 Å². The number of nitrogens with zero attached hydrogens (tertiary/aromatic N) is 3. The minimum atomic E-state index is 0.207. The number of pyridine rings is 1. The lowest BCUT2D eigenvalue weighted by Crippen LogP contribution is -2.09. The fourth-order valence-electron chi connectivity index (χ4n) is 3.93. The third-order valence-corrected chi connectivity index (χ3v) is 5.30. The third kappa shape index (κ3) is 2.84. The van der Waals surface area contributed by atoms with Gasteiger partial charge in [0.1, 0.15) is 5.75 Å². The Labute approximate surface area is 156 Å². The average molecular weight is 357 g/mol. The highest BCUT2D eigenvalue weighted by Crippen LogP contribution is 2.36. The highest BCUT2D eigenvalue weighted by molar-refractivity contribution is 5.81. The molecule has 2 unspecified atom stereocenters. The first-order valence-corrected chi connectivity index (χ1v) is 9.05. The zero-order valence-corrected chi connectivity index (χ0v) is 14.6. The normalized spacial score (nSPS) is 19.6. The first-order valence-electron chi connectivity index (χ1n) is 9.05. The van der Waals surface area contributed by atoms with Gasteiger partial charge in [-0.3, -0.25) is 4.98 Å². The van der Waals surface area contributed by atoms with Gasteiger partial charge in [-0.05, 0) is 35.9 Å². The first-order chi connectivity index (χ1) is 13.3. The second-order valence-electron chi connectivity index (χ2n) is 6.93. The number of rotatable bonds is 3. The van der Waals surface area contributed by atoms with E-state index >= 15 is 0 Å². The van der Waals surface area contributed by atoms with Crippen LogP contribution in [0.15, 0.2) is 60.9 Å². The second-order valence-corrected chi connectivity index (χ2v) is 6.93. The number of fused-ring (bicyclic) bond motifs is 1. The predicted octanol–water partition coefficient (Wildman–Crippen LogP) is 3.20. The van der Waals surface area contributed by atoms with Crippen LogP contribution in [0, 0.1) is 0 Å². The molecule has 6 nitrogen and oxygen atoms in total. The molecule has 1 aliphatic rings. The summed E-state index contributed by atoms with van der Waals surface area (Å²) in [5, 5.41) is 23.2. The quantitative estimate of drug-likeness (QED) is 0.524. The zero-order valence-electron chi connectivity index (χ0n) is 14.6. The van der Waals surface area contributed by atoms with E-state index in [0.29, 0.717) is 23.1 Å². The molecule has 0 aliphatic carbocycles. The molecular weight excluding hydrogens is 338 g/mol. The average Bonchev–Trinajstić information content (AvgIpc) is 3.35. The number of para-hydroxylation sites is 1. The largest absolute Gasteiger partial charge is 0.507 e. The summed E-state index contributed by atoms with van der Waals surface area (Å²) in [6.45, 7) is 1.84. The monoisotopic (exact) mass is 357 g/mol. The summed E-state index contributed by atoms with van der Waals surface area (Å²) in [6.07, 6.45) is 3.75. The summed E-state index contributed by atoms with van der Waals surface area (Å²) in [7, 11) is 0. The maximum absolute atomic E-state index is 10.1. The molecule has 4 aromatic rings. The van der Waals surface area contributed by atoms with E-state index in [0.717, 1.165) is 29.8 Å². The number of aromatic amines is 1. The fraction of sp³-hybridized carbons (Fsp3) is 0.190. The summed E-state index contributed by atoms with van der Waals surface area (Å²) in [4.78, 5) is 7.70. The number of H-pyrrole nitrogens is 1. The van der Waals surface area contributed by atoms with Gasteiger partial charge in [-0.2, -0.15) is 0 Å². The molecule has 0 spiro atoms. The van der Waals surface area contributed by atoms with Crippen LogP contribution >= 0.6 is 0 Å². The van der Waals surface area contributed by atoms with Crippen molar-refractivity contribution >= 4 is 11.0 Å². The molecule has 27 heavy (non-hydrogen) atoms. The van der Waals surface area contributed by atoms with E-state index in [2.05, 4.69) is 37.6 Å². The van der Waals surface area contributed by atoms with Crippen LogP contribution in [0.2, 0.25) is 0 Å². The molecule has 6 heteroatoms. The molecule has 2 atom stereocenters. The van der Waals surface area contributed by atoms with Crippen LogP contribution in [0.1, 0.15) is 23.1 Å². The SMILES string of the molecule is Oc1ccccc1-c1cc2cc(C3CNCC3c3cccnc3)[nH]c2nn1. The zero-order chi connectivity index (χ0) is 18.2. The maximum Gasteiger partial charge on any atom is 0.160 e. The Morgan fingerprint density at radius 1 is 0.963 bits per heavy atom. The number of hydrogen-bond donors (Lipinski definition) is 3. The smallest absolute Gasteiger partial charge is 0.160 e. The molecule has 1 fully saturated rings. The molecule has 3 aromatic heterocycles. The Morgan fingerprint density at radius 3 is 2.70 bits per heavy atom. The van der Waals surface area contributed by atoms with Gasteiger partial charge in [0, 0.05) is 54.0 Å². The van der Waals surface area contributed by atoms with E-state index in [-0.39, 0.29) is 5.75 Å². The van der Waals surface area contributed by atoms with Crippen LogP contribution in [-0.4, -0.2) is 38.4 Å². The summed E-state index contributed by atoms with van der Waals surface area (Å²) in [5.41, 5.74) is 4.51. The van der Waals surface area contributed by atoms with E-state index in [1.807, 2.05) is 30.5 Å². The van der Waals surface area contributed by atoms with Crippen LogP contribution < -0.4 is 5.32 Å². The lowest BCUT2D eigenvalue weighted by molar-refractivity contribution is 0.477. The van der Waals surface area contributed by atoms with Crippen molar-refractivity contribution in [3.8, 4) is 17.0 Å². The fourth-order valence-corrected chi connectivity index (χ4v) is 3.93. The summed E-state index contributed by atoms with van der Waals surface area (Å²) in [6, 6.07) is 15.4. The Bertz CT molecular complexity index is 1090. The van der Waals surface area contributed by atoms with Gasteiger partial charge in [0.15, 0.2) is 5.65 Å². The molecule has 134 valence electrons. The van der Waals surface area contributed by atoms with Crippen molar-refractivity contribution in [2.75, 3.05) is 13.1 Å². The summed E-state index contributed by atoms with van der Waals surface area (Å²) >= 11 is 0. The van der Waals surface area contributed by atoms with Crippen molar-refractivity contribution in [3.63, 3.8) is 0 Å². The molecular formula is C21H19N5O. The number of hydrogen-bond acceptors (Lipinski definition) is 5. The Morgan fingerprint density at radius 2 is 1.85 bits per heavy atom. The van der Waals surface area contributed by atoms with Crippen LogP contribution in [0.5, 0.6) is 5.75 Å². The number of aromatic hydroxyl groups is 1. The van der Waals surface area contributed by atoms with Gasteiger partial charge >= 0.3 is 0 Å². The lowest BCUT2D eigenvalue weighted by atomic mass is 9.87. The van der Waals surface area contributed by atoms with Gasteiger partial charge in [0.25, 0.3) is 0 Å². The van der Waals surface area contributed by atoms with Gasteiger partial charge in [-0.25, -0.2) is 0 Å². The molecule has 1 aromatic carbocycles. The minimum Gasteiger partial charge on any atom is -0.507 e. The topological polar surface area (TPSA) is 86.7 Å². The number of phenolic OH excluding ortho intramolecular Hbond substituents is 1. The second kappa shape index (κ2) is 6.48. The van der Waals surface area contributed by atoms with E-state index in [1.165, 1.54) is 5.56 Å². The van der Waals surface area contributed by atoms with E-state index in [4.69, 9.17) is 0 Å². The molecule has 0 amide bonds. The molecule has 3 N–H and O–H groups in total. The van der Waals surface area contributed by atoms with Gasteiger partial charge in [-0.1, -0.05) is 18.2 Å². The van der Waals surface area contributed by atoms with Gasteiger partial charge in [0.2, 0.25) is 0 Å². The van der Waals surface area contributed by atoms with Crippen molar-refractivity contribution < 1.29 is 5.11 Å². The lowest BCUT2D eigenvalue weighted by Gasteiger charge is -2.17. The van der Waals surface area contributed by atoms with Crippen LogP contribution in [0.4, 0.5) is 0 Å². The van der Waals surface area contributed by atoms with E-state index in [9.17, 15) is 5.11 Å². The van der Waals surface area contributed by atoms with Crippen molar-refractivity contribution in [1.29, 1.82) is 0 Å². The van der Waals surface area contributed by atoms with Crippen LogP contribution in [0.25, 0.3) is 22.3 Å². The Kier molecular flexibility index (Phi) is 3.83. The van der Waals surface area contributed by atoms with Crippen molar-refractivity contribution in [2.45, 2.75) is 11.8 Å². The number of benzene rings is 1. The van der Waals surface area contributed by atoms with Crippen molar-refractivity contribution in [3.05, 3.63) is 72.2 Å². The highest BCUT2D eigenvalue weighted by atomic mass is 16.3. The summed E-state index contributed by atoms with van der Waals surface area (Å²) in [5.74, 6) is 0.910. The van der Waals surface area contributed by atoms with E-state index in [1.54, 1.807) is 18.3 Å². The molecule has 5 rings (SSSR count). The van der Waals surface area contributed by atoms with E-state index < -0.39 is 0 Å². The Balaban J connectivity index is 1.52. The molecule has 0 saturated carbocycles. The van der Waals surface area contributed by atoms with Gasteiger partial charge in [0.05, 0.1) is 5.69 Å². The number of phenols is 1. The number of aromatic nitrogens is 4. The Hall–Kier alpha value is -3.25. The van der Waals surface area contributed by atoms with Gasteiger partial charge in [-0.15, -0.1) is 10.2 Å². The molecule has 4 heterocycles. The minimum absolute atomic E-state index is 0.207. The molecule has 0 radical (unpaired) electrons. The number of nitrogens with one attached hydrogen (secondary N) is 2. The molecule has 0 bridgehead atoms. The molecule has 1 saturated heterocycles. The highest BCUT2D eigenvalue weighted by Gasteiger charge is 2.31. The standard InChI is InChI=1S/C21H19N5O/c27-20-6-2-1-5-15(20)19-9-14-8-18(24-21(14)26-25-19)17-12-23-11-16(17)13-4-3-7-22-10-13/h1-10,16-17,23,27H,11-12H2,(H,24,26). The van der Waals surface area contributed by atoms with Gasteiger partial charge < -0.3 is 15.4 Å². The molecule has 1 aliphatic heterocycles. The van der Waals surface area contributed by atoms with Crippen LogP contribution in [0.3, 0.4) is 0 Å². The third-order valence-electron chi connectivity index (χ3n) is 5.30. The van der Waals surface area contributed by atoms with Crippen molar-refractivity contribution in [2.24, 2.45) is 0 Å². The maximum atomic E-state index is 10.1. The van der Waals surface area contributed by atoms with Crippen molar-refractivity contribution in [1.82, 2.24) is 25.5 Å². The summed E-state index contributed by atoms with van der Waals surface area (Å²) < 4.78 is 0.